The second kappa shape index (κ2) is 28.3. The predicted molar refractivity (Wildman–Crippen MR) is 268 cm³/mol. The van der Waals surface area contributed by atoms with E-state index in [1.165, 1.54) is 43.4 Å². The summed E-state index contributed by atoms with van der Waals surface area (Å²) in [6.07, 6.45) is 16.1. The number of aliphatic hydroxyl groups is 1. The molecule has 2 saturated heterocycles. The van der Waals surface area contributed by atoms with E-state index in [1.54, 1.807) is 13.2 Å². The first-order valence-electron chi connectivity index (χ1n) is 24.1. The Balaban J connectivity index is 0.000000234. The van der Waals surface area contributed by atoms with Gasteiger partial charge in [-0.3, -0.25) is 19.2 Å². The number of rotatable bonds is 11. The molecule has 4 fully saturated rings. The van der Waals surface area contributed by atoms with Crippen molar-refractivity contribution in [3.8, 4) is 0 Å². The number of carbonyl (C=O) groups excluding carboxylic acids is 3. The van der Waals surface area contributed by atoms with Crippen molar-refractivity contribution in [2.75, 3.05) is 80.8 Å². The second-order valence-electron chi connectivity index (χ2n) is 16.8. The number of aryl methyl sites for hydroxylation is 1. The number of anilines is 4. The Bertz CT molecular complexity index is 2100. The number of amides is 2. The number of hydrogen-bond donors (Lipinski definition) is 5. The molecular weight excluding hydrogens is 855 g/mol. The van der Waals surface area contributed by atoms with E-state index in [1.807, 2.05) is 38.7 Å². The lowest BCUT2D eigenvalue weighted by atomic mass is 9.98. The zero-order valence-electron chi connectivity index (χ0n) is 40.6. The van der Waals surface area contributed by atoms with Gasteiger partial charge in [-0.25, -0.2) is 13.5 Å². The lowest BCUT2D eigenvalue weighted by Crippen LogP contribution is -2.46. The third-order valence-electron chi connectivity index (χ3n) is 11.9. The van der Waals surface area contributed by atoms with Crippen LogP contribution in [0.1, 0.15) is 116 Å². The Hall–Kier alpha value is -4.97. The lowest BCUT2D eigenvalue weighted by molar-refractivity contribution is -0.118. The summed E-state index contributed by atoms with van der Waals surface area (Å²) in [5, 5.41) is 25.8. The fraction of sp³-hybridized carbons (Fsp3) is 0.592. The number of nitrogens with zero attached hydrogens (tertiary/aromatic N) is 7. The number of fused-ring (bicyclic) bond motifs is 3. The van der Waals surface area contributed by atoms with Crippen LogP contribution in [0.25, 0.3) is 10.9 Å². The van der Waals surface area contributed by atoms with E-state index in [0.717, 1.165) is 118 Å². The van der Waals surface area contributed by atoms with Gasteiger partial charge in [-0.2, -0.15) is 10.1 Å². The van der Waals surface area contributed by atoms with E-state index < -0.39 is 11.0 Å². The first kappa shape index (κ1) is 53.6. The molecule has 5 aliphatic rings. The van der Waals surface area contributed by atoms with Gasteiger partial charge in [0.05, 0.1) is 21.9 Å². The maximum Gasteiger partial charge on any atom is 0.236 e. The van der Waals surface area contributed by atoms with Gasteiger partial charge in [0.25, 0.3) is 0 Å². The monoisotopic (exact) mass is 932 g/mol. The van der Waals surface area contributed by atoms with Crippen molar-refractivity contribution < 1.29 is 23.7 Å². The van der Waals surface area contributed by atoms with Gasteiger partial charge < -0.3 is 36.1 Å². The molecule has 2 aromatic heterocycles. The van der Waals surface area contributed by atoms with Gasteiger partial charge in [0.2, 0.25) is 18.3 Å². The van der Waals surface area contributed by atoms with Crippen molar-refractivity contribution in [2.24, 2.45) is 7.05 Å². The highest BCUT2D eigenvalue weighted by Crippen LogP contribution is 2.54. The van der Waals surface area contributed by atoms with Crippen LogP contribution in [0, 0.1) is 0 Å². The van der Waals surface area contributed by atoms with Crippen LogP contribution >= 0.6 is 0 Å². The minimum Gasteiger partial charge on any atom is -0.393 e. The van der Waals surface area contributed by atoms with E-state index >= 15 is 0 Å². The Morgan fingerprint density at radius 2 is 1.59 bits per heavy atom. The first-order valence-corrected chi connectivity index (χ1v) is 25.2. The van der Waals surface area contributed by atoms with Crippen molar-refractivity contribution in [1.29, 1.82) is 0 Å². The van der Waals surface area contributed by atoms with Crippen LogP contribution < -0.4 is 26.2 Å². The average molecular weight is 932 g/mol. The summed E-state index contributed by atoms with van der Waals surface area (Å²) in [7, 11) is 4.63. The van der Waals surface area contributed by atoms with E-state index in [9.17, 15) is 18.6 Å². The van der Waals surface area contributed by atoms with Crippen LogP contribution in [0.4, 0.5) is 23.3 Å². The van der Waals surface area contributed by atoms with E-state index in [-0.39, 0.29) is 17.4 Å². The lowest BCUT2D eigenvalue weighted by Gasteiger charge is -2.36. The average Bonchev–Trinajstić information content (AvgIpc) is 4.04. The number of carbonyl (C=O) groups is 3. The summed E-state index contributed by atoms with van der Waals surface area (Å²) in [4.78, 5) is 44.8. The van der Waals surface area contributed by atoms with E-state index in [0.29, 0.717) is 31.1 Å². The van der Waals surface area contributed by atoms with Crippen molar-refractivity contribution in [3.05, 3.63) is 59.8 Å². The molecule has 4 aromatic rings. The number of benzene rings is 2. The van der Waals surface area contributed by atoms with Crippen LogP contribution in [-0.4, -0.2) is 123 Å². The standard InChI is InChI=1S/C25H34N6OS.C9H10N4O.C6H12O.C4H7NO2.C3H8.C2H6/c1-26-25-23-10-9-21(18-24(23)28(2)27-25)30-15-13-29(14-16-30)19-20-7-6-8-22(17-20)33(32)31-11-4-3-5-12-31;1-10-8-11-4-5-6(13-8)12-7(14)9(5)2-3-9;7-6-4-2-1-3-5-6;6-3-1-2-5-4-7;1-3-2;1-2/h6-10,17-18H,3-5,11-16,19H2,1-2H3,(H,26,27);4H,2-3H2,1H3,(H2,10,11,12,13,14);6-7H,1-5H2;3-4H,1-2H2,(H,5,7);3H2,1-2H3;1-2H3. The zero-order valence-corrected chi connectivity index (χ0v) is 41.4. The molecule has 5 N–H and O–H groups in total. The fourth-order valence-electron chi connectivity index (χ4n) is 8.18. The topological polar surface area (TPSA) is 190 Å². The van der Waals surface area contributed by atoms with Crippen LogP contribution in [0.15, 0.2) is 53.6 Å². The summed E-state index contributed by atoms with van der Waals surface area (Å²) >= 11 is 0. The molecule has 2 aliphatic carbocycles. The summed E-state index contributed by atoms with van der Waals surface area (Å²) in [5.41, 5.74) is 4.34. The molecule has 9 rings (SSSR count). The van der Waals surface area contributed by atoms with Gasteiger partial charge in [-0.1, -0.05) is 71.9 Å². The highest BCUT2D eigenvalue weighted by molar-refractivity contribution is 7.82. The highest BCUT2D eigenvalue weighted by Gasteiger charge is 2.57. The molecule has 1 spiro atoms. The molecule has 1 atom stereocenters. The third-order valence-corrected chi connectivity index (χ3v) is 13.4. The van der Waals surface area contributed by atoms with Gasteiger partial charge in [0.1, 0.15) is 23.1 Å². The molecule has 0 radical (unpaired) electrons. The summed E-state index contributed by atoms with van der Waals surface area (Å²) in [5.74, 6) is 2.22. The van der Waals surface area contributed by atoms with Crippen molar-refractivity contribution in [1.82, 2.24) is 34.3 Å². The van der Waals surface area contributed by atoms with Gasteiger partial charge in [0.15, 0.2) is 5.82 Å². The number of aldehydes is 1. The Morgan fingerprint density at radius 3 is 2.18 bits per heavy atom. The summed E-state index contributed by atoms with van der Waals surface area (Å²) < 4.78 is 17.1. The molecule has 364 valence electrons. The minimum atomic E-state index is -1.04. The largest absolute Gasteiger partial charge is 0.393 e. The summed E-state index contributed by atoms with van der Waals surface area (Å²) in [6.45, 7) is 15.5. The smallest absolute Gasteiger partial charge is 0.236 e. The quantitative estimate of drug-likeness (QED) is 0.0765. The van der Waals surface area contributed by atoms with Gasteiger partial charge in [-0.05, 0) is 74.4 Å². The molecule has 2 aromatic carbocycles. The van der Waals surface area contributed by atoms with Crippen LogP contribution in [-0.2, 0) is 44.4 Å². The van der Waals surface area contributed by atoms with Gasteiger partial charge in [0, 0.05) is 103 Å². The molecule has 2 amide bonds. The molecule has 2 saturated carbocycles. The number of nitrogens with one attached hydrogen (secondary N) is 4. The van der Waals surface area contributed by atoms with Crippen LogP contribution in [0.2, 0.25) is 0 Å². The van der Waals surface area contributed by atoms with Crippen molar-refractivity contribution >= 4 is 63.8 Å². The number of hydrogen-bond acceptors (Lipinski definition) is 12. The first-order chi connectivity index (χ1) is 32.1. The number of piperidine rings is 1. The van der Waals surface area contributed by atoms with Crippen molar-refractivity contribution in [3.63, 3.8) is 0 Å². The van der Waals surface area contributed by atoms with E-state index in [2.05, 4.69) is 101 Å². The molecule has 5 heterocycles. The molecular formula is C49H77N11O5S. The number of aliphatic hydroxyl groups excluding tert-OH is 1. The summed E-state index contributed by atoms with van der Waals surface area (Å²) in [6, 6.07) is 15.0. The Kier molecular flexibility index (Phi) is 23.0. The fourth-order valence-corrected chi connectivity index (χ4v) is 9.52. The molecule has 16 nitrogen and oxygen atoms in total. The van der Waals surface area contributed by atoms with Crippen LogP contribution in [0.5, 0.6) is 0 Å². The maximum absolute atomic E-state index is 13.0. The van der Waals surface area contributed by atoms with Gasteiger partial charge >= 0.3 is 0 Å². The predicted octanol–water partition coefficient (Wildman–Crippen LogP) is 7.02. The number of aromatic nitrogens is 4. The molecule has 3 aliphatic heterocycles. The Morgan fingerprint density at radius 1 is 0.909 bits per heavy atom. The van der Waals surface area contributed by atoms with Crippen molar-refractivity contribution in [2.45, 2.75) is 128 Å². The third kappa shape index (κ3) is 15.3. The zero-order chi connectivity index (χ0) is 47.9. The Labute approximate surface area is 395 Å². The van der Waals surface area contributed by atoms with Crippen LogP contribution in [0.3, 0.4) is 0 Å². The molecule has 1 unspecified atom stereocenters. The van der Waals surface area contributed by atoms with E-state index in [4.69, 9.17) is 5.11 Å². The second-order valence-corrected chi connectivity index (χ2v) is 18.3. The normalized spacial score (nSPS) is 17.8. The SMILES string of the molecule is CC.CCC.CNc1ncc2c(n1)NC(=O)C21CC1.CNc1nn(C)c2cc(N3CCN(Cc4cccc(S(=O)N5CCCCC5)c4)CC3)ccc12.O=CCCNC=O.OC1CCCCC1. The minimum absolute atomic E-state index is 0.0359. The maximum atomic E-state index is 13.0. The van der Waals surface area contributed by atoms with Gasteiger partial charge in [-0.15, -0.1) is 0 Å². The molecule has 0 bridgehead atoms. The number of piperazine rings is 1. The molecule has 66 heavy (non-hydrogen) atoms. The highest BCUT2D eigenvalue weighted by atomic mass is 32.2. The molecule has 17 heteroatoms.